The van der Waals surface area contributed by atoms with E-state index in [0.717, 1.165) is 49.7 Å². The first kappa shape index (κ1) is 24.9. The molecular weight excluding hydrogens is 516 g/mol. The molecule has 2 amide bonds. The maximum atomic E-state index is 13.5. The van der Waals surface area contributed by atoms with E-state index in [-0.39, 0.29) is 23.9 Å². The highest BCUT2D eigenvalue weighted by Gasteiger charge is 2.29. The van der Waals surface area contributed by atoms with E-state index in [1.165, 1.54) is 28.0 Å². The summed E-state index contributed by atoms with van der Waals surface area (Å²) >= 11 is 7.50. The Hall–Kier alpha value is -3.42. The van der Waals surface area contributed by atoms with Crippen molar-refractivity contribution in [3.8, 4) is 0 Å². The second-order valence-corrected chi connectivity index (χ2v) is 11.4. The first-order chi connectivity index (χ1) is 18.5. The number of hydrogen-bond acceptors (Lipinski definition) is 5. The van der Waals surface area contributed by atoms with Gasteiger partial charge in [0, 0.05) is 55.2 Å². The second kappa shape index (κ2) is 10.4. The zero-order valence-corrected chi connectivity index (χ0v) is 22.8. The monoisotopic (exact) mass is 544 g/mol. The Morgan fingerprint density at radius 2 is 1.89 bits per heavy atom. The van der Waals surface area contributed by atoms with Crippen LogP contribution in [0.25, 0.3) is 10.8 Å². The van der Waals surface area contributed by atoms with Gasteiger partial charge in [0.25, 0.3) is 11.8 Å². The maximum Gasteiger partial charge on any atom is 0.263 e. The van der Waals surface area contributed by atoms with Gasteiger partial charge in [-0.15, -0.1) is 11.3 Å². The molecule has 1 saturated heterocycles. The molecule has 0 bridgehead atoms. The van der Waals surface area contributed by atoms with Gasteiger partial charge in [-0.05, 0) is 84.0 Å². The molecule has 0 radical (unpaired) electrons. The molecule has 1 aliphatic carbocycles. The lowest BCUT2D eigenvalue weighted by atomic mass is 10.00. The molecule has 4 aromatic rings. The highest BCUT2D eigenvalue weighted by Crippen LogP contribution is 2.34. The van der Waals surface area contributed by atoms with Crippen LogP contribution in [0.3, 0.4) is 0 Å². The number of aryl methyl sites for hydroxylation is 1. The van der Waals surface area contributed by atoms with Crippen LogP contribution < -0.4 is 10.2 Å². The average molecular weight is 545 g/mol. The number of thiophene rings is 1. The van der Waals surface area contributed by atoms with Crippen LogP contribution in [0.2, 0.25) is 5.02 Å². The molecule has 1 aliphatic heterocycles. The molecule has 2 aliphatic rings. The van der Waals surface area contributed by atoms with Crippen molar-refractivity contribution < 1.29 is 9.59 Å². The first-order valence-electron chi connectivity index (χ1n) is 13.0. The number of rotatable bonds is 5. The average Bonchev–Trinajstić information content (AvgIpc) is 3.57. The predicted octanol–water partition coefficient (Wildman–Crippen LogP) is 6.11. The number of fused-ring (bicyclic) bond motifs is 2. The molecular formula is C30H29ClN4O2S. The Morgan fingerprint density at radius 1 is 1.05 bits per heavy atom. The van der Waals surface area contributed by atoms with Gasteiger partial charge in [-0.3, -0.25) is 14.6 Å². The number of nitrogens with zero attached hydrogens (tertiary/aromatic N) is 3. The number of pyridine rings is 1. The summed E-state index contributed by atoms with van der Waals surface area (Å²) < 4.78 is 0. The molecule has 6 rings (SSSR count). The zero-order valence-electron chi connectivity index (χ0n) is 21.2. The van der Waals surface area contributed by atoms with Crippen LogP contribution in [0.5, 0.6) is 0 Å². The summed E-state index contributed by atoms with van der Waals surface area (Å²) in [6, 6.07) is 16.3. The number of nitrogens with one attached hydrogen (secondary N) is 1. The quantitative estimate of drug-likeness (QED) is 0.329. The smallest absolute Gasteiger partial charge is 0.263 e. The molecule has 2 aromatic heterocycles. The van der Waals surface area contributed by atoms with E-state index in [1.54, 1.807) is 6.07 Å². The predicted molar refractivity (Wildman–Crippen MR) is 153 cm³/mol. The van der Waals surface area contributed by atoms with Crippen LogP contribution in [0.1, 0.15) is 56.5 Å². The van der Waals surface area contributed by atoms with Crippen LogP contribution >= 0.6 is 22.9 Å². The van der Waals surface area contributed by atoms with Gasteiger partial charge in [0.1, 0.15) is 4.88 Å². The van der Waals surface area contributed by atoms with Crippen LogP contribution in [-0.2, 0) is 6.42 Å². The van der Waals surface area contributed by atoms with Crippen LogP contribution in [-0.4, -0.2) is 47.9 Å². The summed E-state index contributed by atoms with van der Waals surface area (Å²) in [6.07, 6.45) is 7.26. The SMILES string of the molecule is CN(C(=O)c1ccc2c(c1)C(NC(=O)c1sccc1Cl)CC2)C1CCN(c2ccc3cnccc3c2)CC1. The summed E-state index contributed by atoms with van der Waals surface area (Å²) in [7, 11) is 1.91. The fourth-order valence-corrected chi connectivity index (χ4v) is 6.76. The molecule has 0 spiro atoms. The number of carbonyl (C=O) groups is 2. The van der Waals surface area contributed by atoms with E-state index >= 15 is 0 Å². The number of hydrogen-bond donors (Lipinski definition) is 1. The molecule has 1 fully saturated rings. The number of piperidine rings is 1. The lowest BCUT2D eigenvalue weighted by molar-refractivity contribution is 0.0709. The minimum absolute atomic E-state index is 0.0303. The Bertz CT molecular complexity index is 1510. The topological polar surface area (TPSA) is 65.5 Å². The van der Waals surface area contributed by atoms with E-state index in [0.29, 0.717) is 15.5 Å². The van der Waals surface area contributed by atoms with E-state index in [1.807, 2.05) is 54.0 Å². The Kier molecular flexibility index (Phi) is 6.80. The van der Waals surface area contributed by atoms with Crippen molar-refractivity contribution in [2.45, 2.75) is 37.8 Å². The normalized spacial score (nSPS) is 17.4. The molecule has 8 heteroatoms. The third-order valence-electron chi connectivity index (χ3n) is 7.92. The third kappa shape index (κ3) is 4.76. The Morgan fingerprint density at radius 3 is 2.68 bits per heavy atom. The summed E-state index contributed by atoms with van der Waals surface area (Å²) in [6.45, 7) is 1.81. The molecule has 6 nitrogen and oxygen atoms in total. The van der Waals surface area contributed by atoms with Gasteiger partial charge in [-0.2, -0.15) is 0 Å². The molecule has 3 heterocycles. The summed E-state index contributed by atoms with van der Waals surface area (Å²) in [5.74, 6) is -0.130. The highest BCUT2D eigenvalue weighted by molar-refractivity contribution is 7.12. The Balaban J connectivity index is 1.11. The summed E-state index contributed by atoms with van der Waals surface area (Å²) in [5, 5.41) is 7.74. The standard InChI is InChI=1S/C30H29ClN4O2S/c1-34(23-9-13-35(14-10-23)24-6-4-22-18-32-12-8-20(22)16-24)30(37)21-3-2-19-5-7-27(25(19)17-21)33-29(36)28-26(31)11-15-38-28/h2-4,6,8,11-12,15-18,23,27H,5,7,9-10,13-14H2,1H3,(H,33,36). The van der Waals surface area contributed by atoms with E-state index in [4.69, 9.17) is 11.6 Å². The van der Waals surface area contributed by atoms with Gasteiger partial charge >= 0.3 is 0 Å². The minimum Gasteiger partial charge on any atom is -0.371 e. The van der Waals surface area contributed by atoms with Crippen molar-refractivity contribution in [3.63, 3.8) is 0 Å². The molecule has 1 unspecified atom stereocenters. The maximum absolute atomic E-state index is 13.5. The number of benzene rings is 2. The highest BCUT2D eigenvalue weighted by atomic mass is 35.5. The number of halogens is 1. The fraction of sp³-hybridized carbons (Fsp3) is 0.300. The van der Waals surface area contributed by atoms with Gasteiger partial charge in [0.15, 0.2) is 0 Å². The largest absolute Gasteiger partial charge is 0.371 e. The van der Waals surface area contributed by atoms with E-state index < -0.39 is 0 Å². The minimum atomic E-state index is -0.161. The van der Waals surface area contributed by atoms with Crippen molar-refractivity contribution >= 4 is 51.2 Å². The molecule has 0 saturated carbocycles. The van der Waals surface area contributed by atoms with Crippen molar-refractivity contribution in [3.05, 3.63) is 92.9 Å². The molecule has 2 aromatic carbocycles. The molecule has 38 heavy (non-hydrogen) atoms. The molecule has 194 valence electrons. The summed E-state index contributed by atoms with van der Waals surface area (Å²) in [4.78, 5) is 35.3. The third-order valence-corrected chi connectivity index (χ3v) is 9.26. The number of anilines is 1. The van der Waals surface area contributed by atoms with Crippen molar-refractivity contribution in [2.24, 2.45) is 0 Å². The van der Waals surface area contributed by atoms with Crippen LogP contribution in [0, 0.1) is 0 Å². The number of carbonyl (C=O) groups excluding carboxylic acids is 2. The summed E-state index contributed by atoms with van der Waals surface area (Å²) in [5.41, 5.74) is 4.11. The van der Waals surface area contributed by atoms with Gasteiger partial charge in [-0.25, -0.2) is 0 Å². The lowest BCUT2D eigenvalue weighted by Crippen LogP contribution is -2.45. The van der Waals surface area contributed by atoms with Gasteiger partial charge in [0.05, 0.1) is 11.1 Å². The van der Waals surface area contributed by atoms with Gasteiger partial charge in [0.2, 0.25) is 0 Å². The van der Waals surface area contributed by atoms with Crippen molar-refractivity contribution in [2.75, 3.05) is 25.0 Å². The fourth-order valence-electron chi connectivity index (χ4n) is 5.71. The first-order valence-corrected chi connectivity index (χ1v) is 14.3. The van der Waals surface area contributed by atoms with Gasteiger partial charge in [-0.1, -0.05) is 23.7 Å². The van der Waals surface area contributed by atoms with E-state index in [2.05, 4.69) is 33.4 Å². The van der Waals surface area contributed by atoms with Gasteiger partial charge < -0.3 is 15.1 Å². The van der Waals surface area contributed by atoms with Crippen LogP contribution in [0.4, 0.5) is 5.69 Å². The zero-order chi connectivity index (χ0) is 26.2. The van der Waals surface area contributed by atoms with Crippen molar-refractivity contribution in [1.29, 1.82) is 0 Å². The number of aromatic nitrogens is 1. The lowest BCUT2D eigenvalue weighted by Gasteiger charge is -2.38. The van der Waals surface area contributed by atoms with E-state index in [9.17, 15) is 9.59 Å². The Labute approximate surface area is 231 Å². The molecule has 1 atom stereocenters. The van der Waals surface area contributed by atoms with Crippen molar-refractivity contribution in [1.82, 2.24) is 15.2 Å². The second-order valence-electron chi connectivity index (χ2n) is 10.1. The molecule has 1 N–H and O–H groups in total. The number of amides is 2. The van der Waals surface area contributed by atoms with Crippen LogP contribution in [0.15, 0.2) is 66.3 Å².